The number of rotatable bonds is 3. The standard InChI is InChI=1S/C11H14N4S/c1-7-6-8(2)14-11(13-7)15-9(3)10-12-4-5-16-10/h4-6,9H,1-3H3,(H,13,14,15). The molecule has 16 heavy (non-hydrogen) atoms. The molecule has 0 radical (unpaired) electrons. The van der Waals surface area contributed by atoms with Crippen LogP contribution in [0.25, 0.3) is 0 Å². The van der Waals surface area contributed by atoms with Crippen LogP contribution in [0.2, 0.25) is 0 Å². The molecule has 2 aromatic heterocycles. The van der Waals surface area contributed by atoms with Gasteiger partial charge in [-0.05, 0) is 26.8 Å². The maximum Gasteiger partial charge on any atom is 0.223 e. The van der Waals surface area contributed by atoms with E-state index in [0.29, 0.717) is 5.95 Å². The summed E-state index contributed by atoms with van der Waals surface area (Å²) in [6.45, 7) is 5.99. The second kappa shape index (κ2) is 4.57. The molecule has 0 saturated carbocycles. The van der Waals surface area contributed by atoms with Crippen molar-refractivity contribution in [1.29, 1.82) is 0 Å². The van der Waals surface area contributed by atoms with Gasteiger partial charge >= 0.3 is 0 Å². The molecule has 4 nitrogen and oxygen atoms in total. The molecule has 1 unspecified atom stereocenters. The molecule has 0 aliphatic rings. The summed E-state index contributed by atoms with van der Waals surface area (Å²) in [5.74, 6) is 0.667. The number of hydrogen-bond donors (Lipinski definition) is 1. The molecule has 0 spiro atoms. The molecule has 2 aromatic rings. The number of nitrogens with zero attached hydrogens (tertiary/aromatic N) is 3. The van der Waals surface area contributed by atoms with Gasteiger partial charge in [0.15, 0.2) is 0 Å². The molecule has 2 heterocycles. The summed E-state index contributed by atoms with van der Waals surface area (Å²) in [5.41, 5.74) is 1.95. The van der Waals surface area contributed by atoms with Crippen molar-refractivity contribution in [1.82, 2.24) is 15.0 Å². The van der Waals surface area contributed by atoms with Crippen molar-refractivity contribution in [3.8, 4) is 0 Å². The van der Waals surface area contributed by atoms with Crippen LogP contribution in [0.5, 0.6) is 0 Å². The molecule has 0 saturated heterocycles. The normalized spacial score (nSPS) is 12.4. The van der Waals surface area contributed by atoms with Crippen molar-refractivity contribution >= 4 is 17.3 Å². The smallest absolute Gasteiger partial charge is 0.223 e. The Kier molecular flexibility index (Phi) is 3.14. The molecule has 0 aliphatic carbocycles. The molecular weight excluding hydrogens is 220 g/mol. The highest BCUT2D eigenvalue weighted by Gasteiger charge is 2.09. The first-order valence-electron chi connectivity index (χ1n) is 5.13. The third-order valence-corrected chi connectivity index (χ3v) is 3.11. The molecule has 0 fully saturated rings. The number of aromatic nitrogens is 3. The largest absolute Gasteiger partial charge is 0.345 e. The molecular formula is C11H14N4S. The van der Waals surface area contributed by atoms with E-state index in [1.807, 2.05) is 25.3 Å². The summed E-state index contributed by atoms with van der Waals surface area (Å²) in [6.07, 6.45) is 1.81. The highest BCUT2D eigenvalue weighted by Crippen LogP contribution is 2.18. The van der Waals surface area contributed by atoms with Crippen LogP contribution in [0.4, 0.5) is 5.95 Å². The Morgan fingerprint density at radius 2 is 1.94 bits per heavy atom. The van der Waals surface area contributed by atoms with Crippen molar-refractivity contribution in [3.05, 3.63) is 34.0 Å². The van der Waals surface area contributed by atoms with Gasteiger partial charge < -0.3 is 5.32 Å². The highest BCUT2D eigenvalue weighted by molar-refractivity contribution is 7.09. The fourth-order valence-corrected chi connectivity index (χ4v) is 2.14. The van der Waals surface area contributed by atoms with E-state index in [2.05, 4.69) is 27.2 Å². The lowest BCUT2D eigenvalue weighted by molar-refractivity contribution is 0.842. The highest BCUT2D eigenvalue weighted by atomic mass is 32.1. The van der Waals surface area contributed by atoms with Gasteiger partial charge in [0, 0.05) is 23.0 Å². The van der Waals surface area contributed by atoms with Gasteiger partial charge in [-0.25, -0.2) is 15.0 Å². The SMILES string of the molecule is Cc1cc(C)nc(NC(C)c2nccs2)n1. The zero-order chi connectivity index (χ0) is 11.5. The molecule has 2 rings (SSSR count). The Balaban J connectivity index is 2.15. The van der Waals surface area contributed by atoms with Crippen LogP contribution in [0.1, 0.15) is 29.4 Å². The van der Waals surface area contributed by atoms with Crippen LogP contribution in [0.15, 0.2) is 17.6 Å². The van der Waals surface area contributed by atoms with E-state index < -0.39 is 0 Å². The van der Waals surface area contributed by atoms with Gasteiger partial charge in [0.25, 0.3) is 0 Å². The summed E-state index contributed by atoms with van der Waals surface area (Å²) >= 11 is 1.63. The summed E-state index contributed by atoms with van der Waals surface area (Å²) < 4.78 is 0. The van der Waals surface area contributed by atoms with Gasteiger partial charge in [-0.3, -0.25) is 0 Å². The molecule has 0 amide bonds. The van der Waals surface area contributed by atoms with Gasteiger partial charge in [-0.15, -0.1) is 11.3 Å². The maximum atomic E-state index is 4.34. The third-order valence-electron chi connectivity index (χ3n) is 2.15. The maximum absolute atomic E-state index is 4.34. The molecule has 0 aromatic carbocycles. The van der Waals surface area contributed by atoms with Crippen LogP contribution >= 0.6 is 11.3 Å². The zero-order valence-corrected chi connectivity index (χ0v) is 10.4. The lowest BCUT2D eigenvalue weighted by atomic mass is 10.3. The van der Waals surface area contributed by atoms with E-state index in [1.54, 1.807) is 17.5 Å². The van der Waals surface area contributed by atoms with Gasteiger partial charge in [0.1, 0.15) is 5.01 Å². The number of aryl methyl sites for hydroxylation is 2. The van der Waals surface area contributed by atoms with Crippen molar-refractivity contribution in [3.63, 3.8) is 0 Å². The minimum absolute atomic E-state index is 0.140. The second-order valence-electron chi connectivity index (χ2n) is 3.71. The van der Waals surface area contributed by atoms with Crippen molar-refractivity contribution in [2.45, 2.75) is 26.8 Å². The zero-order valence-electron chi connectivity index (χ0n) is 9.56. The summed E-state index contributed by atoms with van der Waals surface area (Å²) in [7, 11) is 0. The van der Waals surface area contributed by atoms with Crippen molar-refractivity contribution < 1.29 is 0 Å². The van der Waals surface area contributed by atoms with E-state index in [0.717, 1.165) is 16.4 Å². The Morgan fingerprint density at radius 3 is 2.50 bits per heavy atom. The molecule has 1 N–H and O–H groups in total. The minimum atomic E-state index is 0.140. The minimum Gasteiger partial charge on any atom is -0.345 e. The summed E-state index contributed by atoms with van der Waals surface area (Å²) in [4.78, 5) is 12.9. The lowest BCUT2D eigenvalue weighted by Crippen LogP contribution is -2.10. The van der Waals surface area contributed by atoms with E-state index in [4.69, 9.17) is 0 Å². The fourth-order valence-electron chi connectivity index (χ4n) is 1.49. The van der Waals surface area contributed by atoms with Crippen molar-refractivity contribution in [2.75, 3.05) is 5.32 Å². The molecule has 0 bridgehead atoms. The number of nitrogens with one attached hydrogen (secondary N) is 1. The first-order valence-corrected chi connectivity index (χ1v) is 6.01. The monoisotopic (exact) mass is 234 g/mol. The summed E-state index contributed by atoms with van der Waals surface area (Å²) in [6, 6.07) is 2.10. The predicted molar refractivity (Wildman–Crippen MR) is 65.7 cm³/mol. The Labute approximate surface area is 98.8 Å². The topological polar surface area (TPSA) is 50.7 Å². The number of anilines is 1. The first-order chi connectivity index (χ1) is 7.65. The average molecular weight is 234 g/mol. The van der Waals surface area contributed by atoms with Crippen molar-refractivity contribution in [2.24, 2.45) is 0 Å². The van der Waals surface area contributed by atoms with E-state index in [9.17, 15) is 0 Å². The van der Waals surface area contributed by atoms with Gasteiger partial charge in [0.2, 0.25) is 5.95 Å². The molecule has 5 heteroatoms. The van der Waals surface area contributed by atoms with Gasteiger partial charge in [-0.1, -0.05) is 0 Å². The number of thiazole rings is 1. The number of hydrogen-bond acceptors (Lipinski definition) is 5. The quantitative estimate of drug-likeness (QED) is 0.887. The van der Waals surface area contributed by atoms with E-state index in [-0.39, 0.29) is 6.04 Å². The van der Waals surface area contributed by atoms with Gasteiger partial charge in [-0.2, -0.15) is 0 Å². The Hall–Kier alpha value is -1.49. The summed E-state index contributed by atoms with van der Waals surface area (Å²) in [5, 5.41) is 6.26. The Morgan fingerprint density at radius 1 is 1.25 bits per heavy atom. The van der Waals surface area contributed by atoms with Crippen LogP contribution in [0.3, 0.4) is 0 Å². The van der Waals surface area contributed by atoms with E-state index in [1.165, 1.54) is 0 Å². The second-order valence-corrected chi connectivity index (χ2v) is 4.64. The van der Waals surface area contributed by atoms with E-state index >= 15 is 0 Å². The third kappa shape index (κ3) is 2.55. The molecule has 1 atom stereocenters. The van der Waals surface area contributed by atoms with Crippen LogP contribution < -0.4 is 5.32 Å². The fraction of sp³-hybridized carbons (Fsp3) is 0.364. The molecule has 0 aliphatic heterocycles. The predicted octanol–water partition coefficient (Wildman–Crippen LogP) is 2.72. The molecule has 84 valence electrons. The van der Waals surface area contributed by atoms with Crippen LogP contribution in [-0.2, 0) is 0 Å². The average Bonchev–Trinajstić information content (AvgIpc) is 2.68. The lowest BCUT2D eigenvalue weighted by Gasteiger charge is -2.11. The Bertz CT molecular complexity index is 447. The van der Waals surface area contributed by atoms with Gasteiger partial charge in [0.05, 0.1) is 6.04 Å². The van der Waals surface area contributed by atoms with Crippen LogP contribution in [-0.4, -0.2) is 15.0 Å². The van der Waals surface area contributed by atoms with Crippen LogP contribution in [0, 0.1) is 13.8 Å². The first kappa shape index (κ1) is 11.0.